The van der Waals surface area contributed by atoms with E-state index in [0.29, 0.717) is 42.3 Å². The Balaban J connectivity index is 1.23. The van der Waals surface area contributed by atoms with Gasteiger partial charge in [-0.05, 0) is 103 Å². The van der Waals surface area contributed by atoms with Crippen LogP contribution in [0.15, 0.2) is 36.4 Å². The Morgan fingerprint density at radius 1 is 1.07 bits per heavy atom. The maximum atomic E-state index is 14.4. The smallest absolute Gasteiger partial charge is 0.315 e. The molecule has 2 aliphatic carbocycles. The minimum Gasteiger partial charge on any atom is -0.479 e. The number of nitrogens with one attached hydrogen (secondary N) is 3. The Kier molecular flexibility index (Phi) is 13.2. The minimum atomic E-state index is -3.68. The Hall–Kier alpha value is -4.47. The molecule has 0 bridgehead atoms. The fourth-order valence-corrected chi connectivity index (χ4v) is 9.15. The number of hydrogen-bond donors (Lipinski definition) is 4. The first-order chi connectivity index (χ1) is 26.3. The second kappa shape index (κ2) is 17.3. The molecular weight excluding hydrogens is 739 g/mol. The molecule has 2 aromatic rings. The average molecular weight is 798 g/mol. The van der Waals surface area contributed by atoms with Crippen LogP contribution < -0.4 is 30.6 Å². The van der Waals surface area contributed by atoms with E-state index in [-0.39, 0.29) is 42.5 Å². The van der Waals surface area contributed by atoms with Gasteiger partial charge < -0.3 is 30.7 Å². The highest BCUT2D eigenvalue weighted by Gasteiger charge is 2.51. The molecule has 2 heterocycles. The Bertz CT molecular complexity index is 1910. The number of urea groups is 1. The third kappa shape index (κ3) is 10.3. The van der Waals surface area contributed by atoms with Crippen molar-refractivity contribution in [2.24, 2.45) is 29.4 Å². The molecule has 1 saturated heterocycles. The molecule has 3 fully saturated rings. The fourth-order valence-electron chi connectivity index (χ4n) is 7.85. The van der Waals surface area contributed by atoms with E-state index in [1.807, 2.05) is 58.0 Å². The van der Waals surface area contributed by atoms with E-state index in [1.165, 1.54) is 12.0 Å². The summed E-state index contributed by atoms with van der Waals surface area (Å²) in [5, 5.41) is 15.5. The summed E-state index contributed by atoms with van der Waals surface area (Å²) in [4.78, 5) is 54.8. The third-order valence-corrected chi connectivity index (χ3v) is 13.5. The zero-order valence-electron chi connectivity index (χ0n) is 33.7. The van der Waals surface area contributed by atoms with Gasteiger partial charge in [0.05, 0.1) is 29.2 Å². The van der Waals surface area contributed by atoms with Crippen molar-refractivity contribution in [2.45, 2.75) is 128 Å². The van der Waals surface area contributed by atoms with E-state index in [9.17, 15) is 27.6 Å². The number of amides is 5. The van der Waals surface area contributed by atoms with Crippen molar-refractivity contribution in [3.8, 4) is 11.8 Å². The molecule has 56 heavy (non-hydrogen) atoms. The zero-order valence-corrected chi connectivity index (χ0v) is 34.5. The predicted octanol–water partition coefficient (Wildman–Crippen LogP) is 4.35. The van der Waals surface area contributed by atoms with Gasteiger partial charge in [0.25, 0.3) is 0 Å². The molecule has 1 aliphatic heterocycles. The predicted molar refractivity (Wildman–Crippen MR) is 212 cm³/mol. The van der Waals surface area contributed by atoms with Gasteiger partial charge in [-0.1, -0.05) is 44.6 Å². The van der Waals surface area contributed by atoms with Gasteiger partial charge in [-0.15, -0.1) is 10.2 Å². The second-order valence-electron chi connectivity index (χ2n) is 17.2. The average Bonchev–Trinajstić information content (AvgIpc) is 3.51. The summed E-state index contributed by atoms with van der Waals surface area (Å²) in [6.45, 7) is 11.2. The summed E-state index contributed by atoms with van der Waals surface area (Å²) in [6.07, 6.45) is 9.18. The molecule has 16 heteroatoms. The highest BCUT2D eigenvalue weighted by atomic mass is 32.2. The number of nitrogens with two attached hydrogens (primary N) is 1. The third-order valence-electron chi connectivity index (χ3n) is 11.3. The van der Waals surface area contributed by atoms with Crippen molar-refractivity contribution in [1.82, 2.24) is 30.5 Å². The van der Waals surface area contributed by atoms with E-state index in [1.54, 1.807) is 6.92 Å². The summed E-state index contributed by atoms with van der Waals surface area (Å²) in [6, 6.07) is 4.91. The van der Waals surface area contributed by atoms with Crippen LogP contribution in [0.1, 0.15) is 99.3 Å². The van der Waals surface area contributed by atoms with Gasteiger partial charge in [0.1, 0.15) is 18.2 Å². The van der Waals surface area contributed by atoms with Crippen LogP contribution in [-0.2, 0) is 24.4 Å². The molecular formula is C40H59N7O8S. The van der Waals surface area contributed by atoms with Gasteiger partial charge in [-0.3, -0.25) is 19.1 Å². The summed E-state index contributed by atoms with van der Waals surface area (Å²) in [5.74, 6) is -1.53. The largest absolute Gasteiger partial charge is 0.479 e. The fraction of sp³-hybridized carbons (Fsp3) is 0.650. The number of aromatic nitrogens is 2. The number of nitrogens with zero attached hydrogens (tertiary/aromatic N) is 3. The van der Waals surface area contributed by atoms with E-state index in [2.05, 4.69) is 38.6 Å². The van der Waals surface area contributed by atoms with Crippen molar-refractivity contribution in [3.63, 3.8) is 0 Å². The first-order valence-electron chi connectivity index (χ1n) is 19.7. The van der Waals surface area contributed by atoms with E-state index >= 15 is 0 Å². The minimum absolute atomic E-state index is 0.0269. The lowest BCUT2D eigenvalue weighted by Crippen LogP contribution is -2.58. The molecule has 2 saturated carbocycles. The number of carbonyl (C=O) groups excluding carboxylic acids is 4. The molecule has 308 valence electrons. The topological polar surface area (TPSA) is 212 Å². The molecule has 7 atom stereocenters. The van der Waals surface area contributed by atoms with Crippen molar-refractivity contribution in [1.29, 1.82) is 0 Å². The molecule has 0 spiro atoms. The van der Waals surface area contributed by atoms with Crippen LogP contribution in [0.2, 0.25) is 0 Å². The lowest BCUT2D eigenvalue weighted by molar-refractivity contribution is -0.140. The number of methoxy groups -OCH3 is 1. The number of rotatable bonds is 16. The molecule has 1 unspecified atom stereocenters. The number of likely N-dealkylation sites (tertiary alicyclic amines) is 1. The summed E-state index contributed by atoms with van der Waals surface area (Å²) < 4.78 is 38.4. The first-order valence-corrected chi connectivity index (χ1v) is 21.2. The van der Waals surface area contributed by atoms with Crippen LogP contribution in [0.3, 0.4) is 0 Å². The van der Waals surface area contributed by atoms with Gasteiger partial charge in [0.2, 0.25) is 39.5 Å². The molecule has 1 aromatic heterocycles. The van der Waals surface area contributed by atoms with Crippen LogP contribution in [0.5, 0.6) is 11.8 Å². The number of primary amides is 1. The van der Waals surface area contributed by atoms with E-state index < -0.39 is 62.2 Å². The highest BCUT2D eigenvalue weighted by molar-refractivity contribution is 7.91. The second-order valence-corrected chi connectivity index (χ2v) is 19.4. The quantitative estimate of drug-likeness (QED) is 0.176. The Morgan fingerprint density at radius 2 is 1.73 bits per heavy atom. The number of carbonyl (C=O) groups is 4. The van der Waals surface area contributed by atoms with Gasteiger partial charge in [0.15, 0.2) is 0 Å². The van der Waals surface area contributed by atoms with Crippen molar-refractivity contribution >= 4 is 44.5 Å². The van der Waals surface area contributed by atoms with Crippen LogP contribution in [0.4, 0.5) is 4.79 Å². The van der Waals surface area contributed by atoms with Crippen LogP contribution in [0.25, 0.3) is 10.8 Å². The van der Waals surface area contributed by atoms with Crippen LogP contribution in [0, 0.1) is 23.7 Å². The van der Waals surface area contributed by atoms with E-state index in [4.69, 9.17) is 15.2 Å². The van der Waals surface area contributed by atoms with Gasteiger partial charge in [-0.25, -0.2) is 13.2 Å². The Labute approximate surface area is 330 Å². The van der Waals surface area contributed by atoms with Gasteiger partial charge in [-0.2, -0.15) is 0 Å². The molecule has 5 rings (SSSR count). The standard InChI is InChI=1S/C40H59N7O8S/c1-24(13-8-9-14-26-15-12-18-28(26)34(49)46-56(52,53)40(6)19-20-40)21-25(2)32(42-38(51)43-39(3,4)5)37(50)47-23-27(22-31(47)33(41)48)55-36-30-17-11-10-16-29(30)35(54-7)44-45-36/h9-11,14,16-17,24-28,31-32H,8,12-13,15,18-23H2,1-7H3,(H2,41,48)(H,46,49)(H2,42,43,51)/b14-9-/t24-,25-,26-,27-,28?,31+,32+/m1/s1. The first kappa shape index (κ1) is 42.7. The molecule has 1 aromatic carbocycles. The monoisotopic (exact) mass is 797 g/mol. The molecule has 5 amide bonds. The van der Waals surface area contributed by atoms with Crippen molar-refractivity contribution in [3.05, 3.63) is 36.4 Å². The van der Waals surface area contributed by atoms with Gasteiger partial charge >= 0.3 is 6.03 Å². The number of ether oxygens (including phenoxy) is 2. The summed E-state index contributed by atoms with van der Waals surface area (Å²) in [7, 11) is -2.18. The van der Waals surface area contributed by atoms with Crippen molar-refractivity contribution < 1.29 is 37.1 Å². The lowest BCUT2D eigenvalue weighted by Gasteiger charge is -2.33. The number of benzene rings is 1. The number of fused-ring (bicyclic) bond motifs is 1. The Morgan fingerprint density at radius 3 is 2.36 bits per heavy atom. The maximum Gasteiger partial charge on any atom is 0.315 e. The van der Waals surface area contributed by atoms with Crippen molar-refractivity contribution in [2.75, 3.05) is 13.7 Å². The van der Waals surface area contributed by atoms with Crippen LogP contribution in [-0.4, -0.2) is 89.4 Å². The highest BCUT2D eigenvalue weighted by Crippen LogP contribution is 2.43. The summed E-state index contributed by atoms with van der Waals surface area (Å²) in [5.41, 5.74) is 5.29. The normalized spacial score (nSPS) is 23.7. The van der Waals surface area contributed by atoms with Gasteiger partial charge in [0, 0.05) is 17.9 Å². The van der Waals surface area contributed by atoms with Crippen LogP contribution >= 0.6 is 0 Å². The molecule has 5 N–H and O–H groups in total. The molecule has 0 radical (unpaired) electrons. The van der Waals surface area contributed by atoms with E-state index in [0.717, 1.165) is 25.7 Å². The number of hydrogen-bond acceptors (Lipinski definition) is 10. The molecule has 15 nitrogen and oxygen atoms in total. The lowest BCUT2D eigenvalue weighted by atomic mass is 9.87. The SMILES string of the molecule is COc1nnc(O[C@@H]2C[C@@H](C(N)=O)N(C(=O)[C@@H](NC(=O)NC(C)(C)C)[C@H](C)C[C@H](C)CC/C=C\[C@@H]3CCCC3C(=O)NS(=O)(=O)C3(C)CC3)C2)c2ccccc12. The maximum absolute atomic E-state index is 14.4. The molecule has 3 aliphatic rings. The number of sulfonamides is 1. The number of allylic oxidation sites excluding steroid dienone is 2. The summed E-state index contributed by atoms with van der Waals surface area (Å²) >= 11 is 0. The zero-order chi connectivity index (χ0) is 41.0.